The van der Waals surface area contributed by atoms with Gasteiger partial charge in [-0.2, -0.15) is 0 Å². The van der Waals surface area contributed by atoms with E-state index in [0.717, 1.165) is 6.42 Å². The molecule has 1 aromatic rings. The molecule has 0 radical (unpaired) electrons. The summed E-state index contributed by atoms with van der Waals surface area (Å²) in [6.07, 6.45) is 4.67. The van der Waals surface area contributed by atoms with Crippen LogP contribution in [-0.4, -0.2) is 19.0 Å². The zero-order valence-electron chi connectivity index (χ0n) is 12.3. The summed E-state index contributed by atoms with van der Waals surface area (Å²) in [4.78, 5) is 12.3. The van der Waals surface area contributed by atoms with E-state index in [1.807, 2.05) is 6.92 Å². The molecule has 20 heavy (non-hydrogen) atoms. The van der Waals surface area contributed by atoms with Crippen molar-refractivity contribution in [3.63, 3.8) is 0 Å². The fourth-order valence-electron chi connectivity index (χ4n) is 2.76. The zero-order chi connectivity index (χ0) is 14.6. The van der Waals surface area contributed by atoms with Crippen molar-refractivity contribution >= 4 is 11.6 Å². The number of carbonyl (C=O) groups excluding carboxylic acids is 1. The van der Waals surface area contributed by atoms with Crippen molar-refractivity contribution in [1.29, 1.82) is 0 Å². The van der Waals surface area contributed by atoms with E-state index < -0.39 is 0 Å². The number of para-hydroxylation sites is 1. The van der Waals surface area contributed by atoms with E-state index in [1.165, 1.54) is 25.3 Å². The van der Waals surface area contributed by atoms with E-state index >= 15 is 0 Å². The van der Waals surface area contributed by atoms with Crippen molar-refractivity contribution in [2.75, 3.05) is 18.4 Å². The quantitative estimate of drug-likeness (QED) is 0.835. The fraction of sp³-hybridized carbons (Fsp3) is 0.562. The van der Waals surface area contributed by atoms with Crippen LogP contribution in [0, 0.1) is 11.2 Å². The smallest absolute Gasteiger partial charge is 0.253 e. The van der Waals surface area contributed by atoms with Crippen LogP contribution < -0.4 is 10.6 Å². The third kappa shape index (κ3) is 2.94. The molecular weight excluding hydrogens is 255 g/mol. The van der Waals surface area contributed by atoms with Crippen molar-refractivity contribution in [2.24, 2.45) is 5.41 Å². The lowest BCUT2D eigenvalue weighted by molar-refractivity contribution is 0.0850. The molecule has 110 valence electrons. The molecule has 2 N–H and O–H groups in total. The van der Waals surface area contributed by atoms with Crippen LogP contribution in [0.3, 0.4) is 0 Å². The molecule has 0 bridgehead atoms. The third-order valence-electron chi connectivity index (χ3n) is 4.40. The van der Waals surface area contributed by atoms with Crippen LogP contribution in [0.5, 0.6) is 0 Å². The van der Waals surface area contributed by atoms with E-state index in [9.17, 15) is 9.18 Å². The van der Waals surface area contributed by atoms with Crippen molar-refractivity contribution in [3.8, 4) is 0 Å². The van der Waals surface area contributed by atoms with Crippen molar-refractivity contribution in [1.82, 2.24) is 5.32 Å². The standard InChI is InChI=1S/C16H23FN2O/c1-3-16(9-6-10-16)11-19-15(20)12-7-5-8-13(17)14(12)18-4-2/h5,7-8,18H,3-4,6,9-11H2,1-2H3,(H,19,20). The van der Waals surface area contributed by atoms with Gasteiger partial charge in [-0.05, 0) is 43.7 Å². The number of anilines is 1. The number of hydrogen-bond donors (Lipinski definition) is 2. The minimum atomic E-state index is -0.381. The summed E-state index contributed by atoms with van der Waals surface area (Å²) in [7, 11) is 0. The van der Waals surface area contributed by atoms with E-state index in [2.05, 4.69) is 17.6 Å². The third-order valence-corrected chi connectivity index (χ3v) is 4.40. The number of rotatable bonds is 6. The van der Waals surface area contributed by atoms with Crippen LogP contribution in [0.25, 0.3) is 0 Å². The van der Waals surface area contributed by atoms with Crippen molar-refractivity contribution in [3.05, 3.63) is 29.6 Å². The average Bonchev–Trinajstić information content (AvgIpc) is 2.40. The predicted molar refractivity (Wildman–Crippen MR) is 79.5 cm³/mol. The van der Waals surface area contributed by atoms with Gasteiger partial charge in [0.15, 0.2) is 0 Å². The number of hydrogen-bond acceptors (Lipinski definition) is 2. The highest BCUT2D eigenvalue weighted by Gasteiger charge is 2.35. The van der Waals surface area contributed by atoms with Crippen LogP contribution in [0.15, 0.2) is 18.2 Å². The molecule has 2 rings (SSSR count). The van der Waals surface area contributed by atoms with E-state index in [0.29, 0.717) is 24.3 Å². The van der Waals surface area contributed by atoms with Gasteiger partial charge in [-0.1, -0.05) is 19.4 Å². The normalized spacial score (nSPS) is 16.4. The molecule has 1 aliphatic carbocycles. The van der Waals surface area contributed by atoms with Gasteiger partial charge in [-0.3, -0.25) is 4.79 Å². The molecule has 1 aliphatic rings. The van der Waals surface area contributed by atoms with Gasteiger partial charge >= 0.3 is 0 Å². The largest absolute Gasteiger partial charge is 0.382 e. The second kappa shape index (κ2) is 6.25. The predicted octanol–water partition coefficient (Wildman–Crippen LogP) is 3.57. The Kier molecular flexibility index (Phi) is 4.63. The SMILES string of the molecule is CCNc1c(F)cccc1C(=O)NCC1(CC)CCC1. The maximum absolute atomic E-state index is 13.8. The Morgan fingerprint density at radius 1 is 1.35 bits per heavy atom. The molecule has 0 aliphatic heterocycles. The first-order valence-electron chi connectivity index (χ1n) is 7.42. The number of amides is 1. The van der Waals surface area contributed by atoms with Gasteiger partial charge in [-0.25, -0.2) is 4.39 Å². The van der Waals surface area contributed by atoms with E-state index in [4.69, 9.17) is 0 Å². The maximum atomic E-state index is 13.8. The first-order chi connectivity index (χ1) is 9.62. The minimum absolute atomic E-state index is 0.194. The number of halogens is 1. The van der Waals surface area contributed by atoms with Gasteiger partial charge in [0.05, 0.1) is 11.3 Å². The Bertz CT molecular complexity index is 478. The molecular formula is C16H23FN2O. The van der Waals surface area contributed by atoms with Gasteiger partial charge in [0.2, 0.25) is 0 Å². The average molecular weight is 278 g/mol. The first-order valence-corrected chi connectivity index (χ1v) is 7.42. The van der Waals surface area contributed by atoms with Gasteiger partial charge in [0.1, 0.15) is 5.82 Å². The van der Waals surface area contributed by atoms with Gasteiger partial charge in [0, 0.05) is 13.1 Å². The van der Waals surface area contributed by atoms with Gasteiger partial charge in [-0.15, -0.1) is 0 Å². The molecule has 1 aromatic carbocycles. The molecule has 0 unspecified atom stereocenters. The highest BCUT2D eigenvalue weighted by molar-refractivity contribution is 5.99. The Labute approximate surface area is 120 Å². The van der Waals surface area contributed by atoms with E-state index in [1.54, 1.807) is 12.1 Å². The molecule has 0 atom stereocenters. The van der Waals surface area contributed by atoms with Crippen molar-refractivity contribution < 1.29 is 9.18 Å². The maximum Gasteiger partial charge on any atom is 0.253 e. The molecule has 0 aromatic heterocycles. The zero-order valence-corrected chi connectivity index (χ0v) is 12.3. The number of benzene rings is 1. The fourth-order valence-corrected chi connectivity index (χ4v) is 2.76. The second-order valence-electron chi connectivity index (χ2n) is 5.58. The number of carbonyl (C=O) groups is 1. The van der Waals surface area contributed by atoms with Crippen molar-refractivity contribution in [2.45, 2.75) is 39.5 Å². The summed E-state index contributed by atoms with van der Waals surface area (Å²) < 4.78 is 13.8. The summed E-state index contributed by atoms with van der Waals surface area (Å²) in [5, 5.41) is 5.90. The summed E-state index contributed by atoms with van der Waals surface area (Å²) in [6, 6.07) is 4.61. The summed E-state index contributed by atoms with van der Waals surface area (Å²) >= 11 is 0. The molecule has 0 heterocycles. The molecule has 3 nitrogen and oxygen atoms in total. The Morgan fingerprint density at radius 2 is 2.10 bits per heavy atom. The number of nitrogens with one attached hydrogen (secondary N) is 2. The van der Waals surface area contributed by atoms with Crippen LogP contribution in [0.4, 0.5) is 10.1 Å². The van der Waals surface area contributed by atoms with Crippen LogP contribution in [0.2, 0.25) is 0 Å². The lowest BCUT2D eigenvalue weighted by Gasteiger charge is -2.41. The minimum Gasteiger partial charge on any atom is -0.382 e. The lowest BCUT2D eigenvalue weighted by Crippen LogP contribution is -2.41. The lowest BCUT2D eigenvalue weighted by atomic mass is 9.67. The summed E-state index contributed by atoms with van der Waals surface area (Å²) in [5.41, 5.74) is 0.950. The monoisotopic (exact) mass is 278 g/mol. The van der Waals surface area contributed by atoms with Crippen LogP contribution in [-0.2, 0) is 0 Å². The summed E-state index contributed by atoms with van der Waals surface area (Å²) in [5.74, 6) is -0.575. The molecule has 1 saturated carbocycles. The highest BCUT2D eigenvalue weighted by atomic mass is 19.1. The second-order valence-corrected chi connectivity index (χ2v) is 5.58. The summed E-state index contributed by atoms with van der Waals surface area (Å²) in [6.45, 7) is 5.32. The molecule has 4 heteroatoms. The molecule has 1 fully saturated rings. The Morgan fingerprint density at radius 3 is 2.65 bits per heavy atom. The molecule has 0 spiro atoms. The molecule has 0 saturated heterocycles. The van der Waals surface area contributed by atoms with Gasteiger partial charge < -0.3 is 10.6 Å². The first kappa shape index (κ1) is 14.8. The van der Waals surface area contributed by atoms with E-state index in [-0.39, 0.29) is 17.1 Å². The Balaban J connectivity index is 2.07. The van der Waals surface area contributed by atoms with Crippen LogP contribution in [0.1, 0.15) is 49.9 Å². The highest BCUT2D eigenvalue weighted by Crippen LogP contribution is 2.43. The van der Waals surface area contributed by atoms with Gasteiger partial charge in [0.25, 0.3) is 5.91 Å². The Hall–Kier alpha value is -1.58. The molecule has 1 amide bonds. The topological polar surface area (TPSA) is 41.1 Å². The van der Waals surface area contributed by atoms with Crippen LogP contribution >= 0.6 is 0 Å².